The van der Waals surface area contributed by atoms with Crippen LogP contribution >= 0.6 is 35.2 Å². The molecule has 1 fully saturated rings. The summed E-state index contributed by atoms with van der Waals surface area (Å²) >= 11 is 0.823. The average Bonchev–Trinajstić information content (AvgIpc) is 3.71. The molecule has 1 aliphatic rings. The first-order valence-electron chi connectivity index (χ1n) is 16.8. The topological polar surface area (TPSA) is 384 Å². The van der Waals surface area contributed by atoms with E-state index < -0.39 is 95.8 Å². The van der Waals surface area contributed by atoms with Crippen LogP contribution in [0, 0.1) is 5.41 Å². The predicted octanol–water partition coefficient (Wildman–Crippen LogP) is -0.602. The fourth-order valence-corrected chi connectivity index (χ4v) is 8.66. The third-order valence-corrected chi connectivity index (χ3v) is 12.1. The molecule has 3 aromatic rings. The number of aliphatic hydroxyl groups excluding tert-OH is 3. The summed E-state index contributed by atoms with van der Waals surface area (Å²) in [4.78, 5) is 87.8. The van der Waals surface area contributed by atoms with Gasteiger partial charge < -0.3 is 56.0 Å². The van der Waals surface area contributed by atoms with E-state index in [-0.39, 0.29) is 42.2 Å². The van der Waals surface area contributed by atoms with Gasteiger partial charge in [0.05, 0.1) is 19.5 Å². The number of aliphatic hydroxyl groups is 3. The number of nitrogen functional groups attached to an aromatic ring is 1. The van der Waals surface area contributed by atoms with Gasteiger partial charge >= 0.3 is 23.5 Å². The van der Waals surface area contributed by atoms with E-state index in [0.29, 0.717) is 5.56 Å². The van der Waals surface area contributed by atoms with Crippen LogP contribution in [-0.2, 0) is 50.7 Å². The van der Waals surface area contributed by atoms with Crippen molar-refractivity contribution in [1.29, 1.82) is 0 Å². The van der Waals surface area contributed by atoms with Crippen molar-refractivity contribution in [1.82, 2.24) is 30.2 Å². The van der Waals surface area contributed by atoms with Crippen LogP contribution < -0.4 is 16.4 Å². The van der Waals surface area contributed by atoms with E-state index >= 15 is 0 Å². The van der Waals surface area contributed by atoms with Crippen molar-refractivity contribution in [3.05, 3.63) is 48.5 Å². The van der Waals surface area contributed by atoms with Crippen molar-refractivity contribution >= 4 is 69.1 Å². The Kier molecular flexibility index (Phi) is 16.2. The summed E-state index contributed by atoms with van der Waals surface area (Å²) in [5.41, 5.74) is 4.65. The summed E-state index contributed by atoms with van der Waals surface area (Å²) < 4.78 is 62.1. The Labute approximate surface area is 333 Å². The van der Waals surface area contributed by atoms with E-state index in [4.69, 9.17) is 19.5 Å². The van der Waals surface area contributed by atoms with Crippen LogP contribution in [0.25, 0.3) is 11.2 Å². The maximum Gasteiger partial charge on any atom is 0.481 e. The number of benzene rings is 1. The van der Waals surface area contributed by atoms with E-state index in [1.54, 1.807) is 30.3 Å². The number of phosphoric ester groups is 3. The van der Waals surface area contributed by atoms with Crippen molar-refractivity contribution in [2.45, 2.75) is 57.0 Å². The third-order valence-electron chi connectivity index (χ3n) is 8.08. The minimum Gasteiger partial charge on any atom is -0.386 e. The number of rotatable bonds is 21. The SMILES string of the molecule is CC(C)(COP(=O)(O)OP(=O)(O)OC[C@H]1O[C@@H](n2cnc3c(N)ncnc32)[C@H](O)[C@@H]1OP(=O)(O)O)[C@@H](O)C(=O)NCCC(=O)NCCSC(=O)[C@H](O)c1ccccc1. The summed E-state index contributed by atoms with van der Waals surface area (Å²) in [6.07, 6.45) is -8.37. The Morgan fingerprint density at radius 1 is 1.00 bits per heavy atom. The molecular weight excluding hydrogens is 859 g/mol. The van der Waals surface area contributed by atoms with Crippen LogP contribution in [0.2, 0.25) is 0 Å². The number of ether oxygens (including phenoxy) is 1. The monoisotopic (exact) mass is 901 g/mol. The quantitative estimate of drug-likeness (QED) is 0.0471. The molecule has 0 saturated carbocycles. The highest BCUT2D eigenvalue weighted by Gasteiger charge is 2.50. The number of carbonyl (C=O) groups excluding carboxylic acids is 3. The number of carbonyl (C=O) groups is 3. The smallest absolute Gasteiger partial charge is 0.386 e. The number of anilines is 1. The molecule has 8 atom stereocenters. The first-order valence-corrected chi connectivity index (χ1v) is 22.3. The second-order valence-electron chi connectivity index (χ2n) is 13.1. The molecule has 2 amide bonds. The largest absolute Gasteiger partial charge is 0.481 e. The Balaban J connectivity index is 1.22. The number of nitrogens with zero attached hydrogens (tertiary/aromatic N) is 4. The van der Waals surface area contributed by atoms with Gasteiger partial charge in [-0.05, 0) is 5.56 Å². The lowest BCUT2D eigenvalue weighted by Gasteiger charge is -2.30. The van der Waals surface area contributed by atoms with Crippen molar-refractivity contribution in [3.63, 3.8) is 0 Å². The molecule has 1 aliphatic heterocycles. The van der Waals surface area contributed by atoms with Crippen LogP contribution in [0.5, 0.6) is 0 Å². The molecule has 25 nitrogen and oxygen atoms in total. The number of aromatic nitrogens is 4. The first-order chi connectivity index (χ1) is 27.0. The van der Waals surface area contributed by atoms with Crippen LogP contribution in [-0.4, -0.2) is 128 Å². The van der Waals surface area contributed by atoms with E-state index in [0.717, 1.165) is 29.0 Å². The van der Waals surface area contributed by atoms with Crippen LogP contribution in [0.3, 0.4) is 0 Å². The van der Waals surface area contributed by atoms with Gasteiger partial charge in [0.1, 0.15) is 42.4 Å². The van der Waals surface area contributed by atoms with Gasteiger partial charge in [0.2, 0.25) is 16.9 Å². The summed E-state index contributed by atoms with van der Waals surface area (Å²) in [5.74, 6) is -1.40. The van der Waals surface area contributed by atoms with E-state index in [2.05, 4.69) is 34.4 Å². The van der Waals surface area contributed by atoms with Crippen molar-refractivity contribution in [2.24, 2.45) is 5.41 Å². The molecule has 2 unspecified atom stereocenters. The number of nitrogens with two attached hydrogens (primary N) is 1. The molecule has 3 heterocycles. The van der Waals surface area contributed by atoms with Crippen LogP contribution in [0.15, 0.2) is 43.0 Å². The zero-order valence-electron chi connectivity index (χ0n) is 30.5. The van der Waals surface area contributed by atoms with E-state index in [9.17, 15) is 63.0 Å². The summed E-state index contributed by atoms with van der Waals surface area (Å²) in [6.45, 7) is 0.250. The lowest BCUT2D eigenvalue weighted by molar-refractivity contribution is -0.137. The molecular formula is C29H42N7O18P3S. The summed E-state index contributed by atoms with van der Waals surface area (Å²) in [6, 6.07) is 8.29. The zero-order valence-corrected chi connectivity index (χ0v) is 34.0. The number of amides is 2. The molecule has 322 valence electrons. The molecule has 0 spiro atoms. The van der Waals surface area contributed by atoms with Gasteiger partial charge in [-0.15, -0.1) is 0 Å². The van der Waals surface area contributed by atoms with Crippen molar-refractivity contribution < 1.29 is 85.6 Å². The van der Waals surface area contributed by atoms with Gasteiger partial charge in [-0.1, -0.05) is 55.9 Å². The van der Waals surface area contributed by atoms with Crippen LogP contribution in [0.4, 0.5) is 5.82 Å². The van der Waals surface area contributed by atoms with Crippen molar-refractivity contribution in [3.8, 4) is 0 Å². The maximum absolute atomic E-state index is 12.7. The molecule has 2 aromatic heterocycles. The number of fused-ring (bicyclic) bond motifs is 1. The number of hydrogen-bond acceptors (Lipinski definition) is 19. The van der Waals surface area contributed by atoms with Gasteiger partial charge in [0.25, 0.3) is 0 Å². The van der Waals surface area contributed by atoms with Gasteiger partial charge in [-0.3, -0.25) is 32.5 Å². The Morgan fingerprint density at radius 2 is 1.67 bits per heavy atom. The molecule has 1 aromatic carbocycles. The number of phosphoric acid groups is 3. The van der Waals surface area contributed by atoms with Crippen molar-refractivity contribution in [2.75, 3.05) is 37.8 Å². The van der Waals surface area contributed by atoms with E-state index in [1.807, 2.05) is 0 Å². The molecule has 29 heteroatoms. The lowest BCUT2D eigenvalue weighted by Crippen LogP contribution is -2.46. The Morgan fingerprint density at radius 3 is 2.34 bits per heavy atom. The van der Waals surface area contributed by atoms with Gasteiger partial charge in [0, 0.05) is 30.7 Å². The zero-order chi connectivity index (χ0) is 43.1. The highest BCUT2D eigenvalue weighted by molar-refractivity contribution is 8.13. The molecule has 0 radical (unpaired) electrons. The summed E-state index contributed by atoms with van der Waals surface area (Å²) in [5, 5.41) is 35.9. The number of imidazole rings is 1. The van der Waals surface area contributed by atoms with E-state index in [1.165, 1.54) is 13.8 Å². The molecule has 0 bridgehead atoms. The number of hydrogen-bond donors (Lipinski definition) is 10. The standard InChI is InChI=1S/C29H42N7O18P3S/c1-29(2,23(40)26(41)32-9-8-18(37)31-10-11-58-28(42)20(38)16-6-4-3-5-7-16)13-51-57(48,49)54-56(46,47)50-12-17-22(53-55(43,44)45)21(39)27(52-17)36-15-35-19-24(30)33-14-34-25(19)36/h3-7,14-15,17,20-23,27,38-40H,8-13H2,1-2H3,(H,31,37)(H,32,41)(H,46,47)(H,48,49)(H2,30,33,34)(H2,43,44,45)/t17-,20-,21-,22-,23+,27-/m1/s1. The number of nitrogens with one attached hydrogen (secondary N) is 2. The summed E-state index contributed by atoms with van der Waals surface area (Å²) in [7, 11) is -16.4. The highest BCUT2D eigenvalue weighted by atomic mass is 32.2. The average molecular weight is 902 g/mol. The lowest BCUT2D eigenvalue weighted by atomic mass is 9.87. The molecule has 58 heavy (non-hydrogen) atoms. The molecule has 11 N–H and O–H groups in total. The van der Waals surface area contributed by atoms with Gasteiger partial charge in [-0.2, -0.15) is 4.31 Å². The second kappa shape index (κ2) is 19.9. The Bertz CT molecular complexity index is 2060. The van der Waals surface area contributed by atoms with Crippen LogP contribution in [0.1, 0.15) is 38.2 Å². The Hall–Kier alpha value is -3.26. The fraction of sp³-hybridized carbons (Fsp3) is 0.517. The number of thioether (sulfide) groups is 1. The predicted molar refractivity (Wildman–Crippen MR) is 198 cm³/mol. The van der Waals surface area contributed by atoms with Gasteiger partial charge in [-0.25, -0.2) is 28.6 Å². The minimum absolute atomic E-state index is 0.0235. The molecule has 0 aliphatic carbocycles. The normalized spacial score (nSPS) is 21.8. The first kappa shape index (κ1) is 47.4. The molecule has 1 saturated heterocycles. The minimum atomic E-state index is -5.59. The highest BCUT2D eigenvalue weighted by Crippen LogP contribution is 2.61. The second-order valence-corrected chi connectivity index (χ2v) is 18.4. The fourth-order valence-electron chi connectivity index (χ4n) is 5.13. The maximum atomic E-state index is 12.7. The molecule has 4 rings (SSSR count). The van der Waals surface area contributed by atoms with Gasteiger partial charge in [0.15, 0.2) is 17.7 Å². The third kappa shape index (κ3) is 13.4.